The summed E-state index contributed by atoms with van der Waals surface area (Å²) in [6.07, 6.45) is 6.41. The Labute approximate surface area is 84.4 Å². The summed E-state index contributed by atoms with van der Waals surface area (Å²) in [5.41, 5.74) is 1.24. The van der Waals surface area contributed by atoms with E-state index in [4.69, 9.17) is 0 Å². The molecule has 0 aromatic carbocycles. The molecule has 1 aromatic rings. The second-order valence-electron chi connectivity index (χ2n) is 3.20. The molecule has 0 aliphatic carbocycles. The average molecular weight is 198 g/mol. The highest BCUT2D eigenvalue weighted by molar-refractivity contribution is 7.13. The number of nitrogens with zero attached hydrogens (tertiary/aromatic N) is 1. The van der Waals surface area contributed by atoms with Gasteiger partial charge in [0.15, 0.2) is 5.13 Å². The Morgan fingerprint density at radius 3 is 2.85 bits per heavy atom. The minimum Gasteiger partial charge on any atom is -0.365 e. The molecular weight excluding hydrogens is 180 g/mol. The molecule has 0 fully saturated rings. The summed E-state index contributed by atoms with van der Waals surface area (Å²) < 4.78 is 0. The van der Waals surface area contributed by atoms with Gasteiger partial charge in [-0.15, -0.1) is 11.3 Å². The molecule has 1 N–H and O–H groups in total. The van der Waals surface area contributed by atoms with Crippen molar-refractivity contribution < 1.29 is 0 Å². The van der Waals surface area contributed by atoms with Crippen molar-refractivity contribution in [1.82, 2.24) is 4.98 Å². The third-order valence-corrected chi connectivity index (χ3v) is 2.96. The highest BCUT2D eigenvalue weighted by Crippen LogP contribution is 2.16. The molecule has 0 saturated carbocycles. The van der Waals surface area contributed by atoms with Gasteiger partial charge in [0.2, 0.25) is 0 Å². The van der Waals surface area contributed by atoms with Crippen molar-refractivity contribution in [2.24, 2.45) is 0 Å². The predicted octanol–water partition coefficient (Wildman–Crippen LogP) is 3.31. The van der Waals surface area contributed by atoms with Crippen LogP contribution in [0.5, 0.6) is 0 Å². The minimum absolute atomic E-state index is 1.03. The van der Waals surface area contributed by atoms with Crippen LogP contribution in [0, 0.1) is 0 Å². The normalized spacial score (nSPS) is 10.3. The number of hydrogen-bond acceptors (Lipinski definition) is 3. The molecule has 1 heterocycles. The van der Waals surface area contributed by atoms with Gasteiger partial charge in [0.25, 0.3) is 0 Å². The molecule has 3 heteroatoms. The first-order valence-corrected chi connectivity index (χ1v) is 5.87. The van der Waals surface area contributed by atoms with Crippen LogP contribution in [0.4, 0.5) is 5.13 Å². The topological polar surface area (TPSA) is 24.9 Å². The zero-order valence-electron chi connectivity index (χ0n) is 8.47. The van der Waals surface area contributed by atoms with E-state index >= 15 is 0 Å². The summed E-state index contributed by atoms with van der Waals surface area (Å²) in [6.45, 7) is 2.24. The Hall–Kier alpha value is -0.570. The van der Waals surface area contributed by atoms with Crippen LogP contribution in [0.15, 0.2) is 5.38 Å². The monoisotopic (exact) mass is 198 g/mol. The first kappa shape index (κ1) is 10.5. The number of hydrogen-bond donors (Lipinski definition) is 1. The number of aryl methyl sites for hydroxylation is 1. The lowest BCUT2D eigenvalue weighted by molar-refractivity contribution is 0.662. The summed E-state index contributed by atoms with van der Waals surface area (Å²) in [4.78, 5) is 4.43. The van der Waals surface area contributed by atoms with Gasteiger partial charge in [0.05, 0.1) is 5.69 Å². The second-order valence-corrected chi connectivity index (χ2v) is 4.06. The van der Waals surface area contributed by atoms with Gasteiger partial charge in [-0.05, 0) is 12.8 Å². The fraction of sp³-hybridized carbons (Fsp3) is 0.700. The van der Waals surface area contributed by atoms with Crippen LogP contribution < -0.4 is 5.32 Å². The third kappa shape index (κ3) is 3.77. The van der Waals surface area contributed by atoms with E-state index in [2.05, 4.69) is 22.6 Å². The lowest BCUT2D eigenvalue weighted by Gasteiger charge is -1.96. The van der Waals surface area contributed by atoms with Gasteiger partial charge in [0.1, 0.15) is 0 Å². The molecular formula is C10H18N2S. The number of rotatable bonds is 6. The van der Waals surface area contributed by atoms with Crippen molar-refractivity contribution in [1.29, 1.82) is 0 Å². The van der Waals surface area contributed by atoms with Gasteiger partial charge in [0, 0.05) is 12.4 Å². The second kappa shape index (κ2) is 5.97. The number of nitrogens with one attached hydrogen (secondary N) is 1. The van der Waals surface area contributed by atoms with E-state index < -0.39 is 0 Å². The van der Waals surface area contributed by atoms with E-state index in [1.165, 1.54) is 31.4 Å². The highest BCUT2D eigenvalue weighted by Gasteiger charge is 1.99. The molecule has 0 atom stereocenters. The Morgan fingerprint density at radius 1 is 1.38 bits per heavy atom. The molecule has 0 aliphatic heterocycles. The van der Waals surface area contributed by atoms with Crippen molar-refractivity contribution in [2.75, 3.05) is 12.4 Å². The molecule has 1 aromatic heterocycles. The fourth-order valence-electron chi connectivity index (χ4n) is 1.27. The van der Waals surface area contributed by atoms with Gasteiger partial charge in [-0.25, -0.2) is 4.98 Å². The molecule has 1 rings (SSSR count). The van der Waals surface area contributed by atoms with Crippen LogP contribution >= 0.6 is 11.3 Å². The number of aromatic nitrogens is 1. The van der Waals surface area contributed by atoms with Gasteiger partial charge < -0.3 is 5.32 Å². The van der Waals surface area contributed by atoms with E-state index in [0.29, 0.717) is 0 Å². The third-order valence-electron chi connectivity index (χ3n) is 2.05. The largest absolute Gasteiger partial charge is 0.365 e. The van der Waals surface area contributed by atoms with Gasteiger partial charge >= 0.3 is 0 Å². The zero-order chi connectivity index (χ0) is 9.52. The summed E-state index contributed by atoms with van der Waals surface area (Å²) >= 11 is 1.69. The molecule has 0 bridgehead atoms. The Bertz CT molecular complexity index is 233. The van der Waals surface area contributed by atoms with E-state index in [9.17, 15) is 0 Å². The molecule has 0 amide bonds. The molecule has 74 valence electrons. The molecule has 0 spiro atoms. The van der Waals surface area contributed by atoms with Gasteiger partial charge in [-0.3, -0.25) is 0 Å². The zero-order valence-corrected chi connectivity index (χ0v) is 9.28. The average Bonchev–Trinajstić information content (AvgIpc) is 2.60. The molecule has 13 heavy (non-hydrogen) atoms. The quantitative estimate of drug-likeness (QED) is 0.709. The predicted molar refractivity (Wildman–Crippen MR) is 59.5 cm³/mol. The Morgan fingerprint density at radius 2 is 2.23 bits per heavy atom. The van der Waals surface area contributed by atoms with Crippen molar-refractivity contribution in [3.05, 3.63) is 11.1 Å². The smallest absolute Gasteiger partial charge is 0.182 e. The summed E-state index contributed by atoms with van der Waals surface area (Å²) in [7, 11) is 1.92. The van der Waals surface area contributed by atoms with E-state index in [0.717, 1.165) is 11.6 Å². The summed E-state index contributed by atoms with van der Waals surface area (Å²) in [6, 6.07) is 0. The van der Waals surface area contributed by atoms with Crippen molar-refractivity contribution >= 4 is 16.5 Å². The van der Waals surface area contributed by atoms with Crippen LogP contribution in [0.2, 0.25) is 0 Å². The number of unbranched alkanes of at least 4 members (excludes halogenated alkanes) is 3. The summed E-state index contributed by atoms with van der Waals surface area (Å²) in [5.74, 6) is 0. The number of anilines is 1. The Balaban J connectivity index is 2.20. The maximum Gasteiger partial charge on any atom is 0.182 e. The van der Waals surface area contributed by atoms with Crippen LogP contribution in [0.25, 0.3) is 0 Å². The summed E-state index contributed by atoms with van der Waals surface area (Å²) in [5, 5.41) is 6.24. The van der Waals surface area contributed by atoms with Crippen molar-refractivity contribution in [3.63, 3.8) is 0 Å². The van der Waals surface area contributed by atoms with Crippen LogP contribution in [-0.4, -0.2) is 12.0 Å². The molecule has 0 saturated heterocycles. The molecule has 0 radical (unpaired) electrons. The van der Waals surface area contributed by atoms with Crippen molar-refractivity contribution in [3.8, 4) is 0 Å². The Kier molecular flexibility index (Phi) is 4.83. The molecule has 0 aliphatic rings. The van der Waals surface area contributed by atoms with E-state index in [1.807, 2.05) is 7.05 Å². The number of thiazole rings is 1. The highest BCUT2D eigenvalue weighted by atomic mass is 32.1. The molecule has 2 nitrogen and oxygen atoms in total. The first-order chi connectivity index (χ1) is 6.36. The maximum absolute atomic E-state index is 4.43. The standard InChI is InChI=1S/C10H18N2S/c1-3-4-5-6-7-9-8-13-10(11-2)12-9/h8H,3-7H2,1-2H3,(H,11,12). The first-order valence-electron chi connectivity index (χ1n) is 4.99. The van der Waals surface area contributed by atoms with E-state index in [-0.39, 0.29) is 0 Å². The van der Waals surface area contributed by atoms with Crippen LogP contribution in [0.1, 0.15) is 38.3 Å². The SMILES string of the molecule is CCCCCCc1csc(NC)n1. The minimum atomic E-state index is 1.03. The van der Waals surface area contributed by atoms with Crippen molar-refractivity contribution in [2.45, 2.75) is 39.0 Å². The lowest BCUT2D eigenvalue weighted by Crippen LogP contribution is -1.89. The van der Waals surface area contributed by atoms with Gasteiger partial charge in [-0.1, -0.05) is 26.2 Å². The van der Waals surface area contributed by atoms with E-state index in [1.54, 1.807) is 11.3 Å². The fourth-order valence-corrected chi connectivity index (χ4v) is 1.98. The van der Waals surface area contributed by atoms with Crippen LogP contribution in [0.3, 0.4) is 0 Å². The molecule has 0 unspecified atom stereocenters. The van der Waals surface area contributed by atoms with Crippen LogP contribution in [-0.2, 0) is 6.42 Å². The van der Waals surface area contributed by atoms with Gasteiger partial charge in [-0.2, -0.15) is 0 Å². The maximum atomic E-state index is 4.43. The lowest BCUT2D eigenvalue weighted by atomic mass is 10.1.